The zero-order valence-corrected chi connectivity index (χ0v) is 11.3. The molecule has 108 valence electrons. The van der Waals surface area contributed by atoms with E-state index in [0.29, 0.717) is 12.5 Å². The maximum absolute atomic E-state index is 12.8. The lowest BCUT2D eigenvalue weighted by Crippen LogP contribution is -2.13. The Morgan fingerprint density at radius 2 is 2.00 bits per heavy atom. The number of nitrogens with two attached hydrogens (primary N) is 1. The highest BCUT2D eigenvalue weighted by Crippen LogP contribution is 2.34. The molecule has 0 aliphatic heterocycles. The Bertz CT molecular complexity index is 404. The van der Waals surface area contributed by atoms with Gasteiger partial charge in [-0.05, 0) is 30.0 Å². The molecule has 1 aromatic rings. The molecule has 19 heavy (non-hydrogen) atoms. The zero-order chi connectivity index (χ0) is 14.5. The molecule has 0 bridgehead atoms. The molecule has 0 aromatic heterocycles. The van der Waals surface area contributed by atoms with E-state index in [1.807, 2.05) is 6.92 Å². The van der Waals surface area contributed by atoms with Crippen LogP contribution in [0, 0.1) is 5.92 Å². The summed E-state index contributed by atoms with van der Waals surface area (Å²) in [6.45, 7) is 4.37. The Labute approximate surface area is 111 Å². The van der Waals surface area contributed by atoms with Crippen LogP contribution in [-0.4, -0.2) is 6.61 Å². The van der Waals surface area contributed by atoms with Crippen molar-refractivity contribution in [3.63, 3.8) is 0 Å². The third kappa shape index (κ3) is 4.74. The van der Waals surface area contributed by atoms with E-state index in [1.54, 1.807) is 0 Å². The van der Waals surface area contributed by atoms with Crippen LogP contribution in [-0.2, 0) is 12.7 Å². The van der Waals surface area contributed by atoms with E-state index in [0.717, 1.165) is 18.9 Å². The summed E-state index contributed by atoms with van der Waals surface area (Å²) in [5.41, 5.74) is 4.69. The van der Waals surface area contributed by atoms with E-state index >= 15 is 0 Å². The van der Waals surface area contributed by atoms with E-state index in [4.69, 9.17) is 10.5 Å². The lowest BCUT2D eigenvalue weighted by Gasteiger charge is -2.16. The molecular weight excluding hydrogens is 255 g/mol. The summed E-state index contributed by atoms with van der Waals surface area (Å²) in [4.78, 5) is 0. The number of rotatable bonds is 6. The summed E-state index contributed by atoms with van der Waals surface area (Å²) in [5, 5.41) is 0. The largest absolute Gasteiger partial charge is 0.493 e. The molecule has 2 nitrogen and oxygen atoms in total. The van der Waals surface area contributed by atoms with E-state index in [9.17, 15) is 13.2 Å². The van der Waals surface area contributed by atoms with Gasteiger partial charge in [0, 0.05) is 6.54 Å². The van der Waals surface area contributed by atoms with Gasteiger partial charge in [-0.25, -0.2) is 0 Å². The number of hydrogen-bond donors (Lipinski definition) is 1. The number of alkyl halides is 3. The standard InChI is InChI=1S/C14H20F3NO/c1-3-4-10(2)9-19-12-6-5-11(8-18)13(7-12)14(15,16)17/h5-7,10H,3-4,8-9,18H2,1-2H3. The van der Waals surface area contributed by atoms with E-state index in [1.165, 1.54) is 12.1 Å². The summed E-state index contributed by atoms with van der Waals surface area (Å²) in [7, 11) is 0. The first kappa shape index (κ1) is 15.8. The molecule has 2 N–H and O–H groups in total. The molecular formula is C14H20F3NO. The highest BCUT2D eigenvalue weighted by Gasteiger charge is 2.33. The van der Waals surface area contributed by atoms with Crippen molar-refractivity contribution in [2.24, 2.45) is 11.7 Å². The first-order valence-corrected chi connectivity index (χ1v) is 6.41. The molecule has 0 spiro atoms. The van der Waals surface area contributed by atoms with Crippen LogP contribution in [0.15, 0.2) is 18.2 Å². The van der Waals surface area contributed by atoms with Gasteiger partial charge in [0.05, 0.1) is 12.2 Å². The Balaban J connectivity index is 2.81. The van der Waals surface area contributed by atoms with Gasteiger partial charge in [-0.2, -0.15) is 13.2 Å². The van der Waals surface area contributed by atoms with Crippen molar-refractivity contribution in [2.75, 3.05) is 6.61 Å². The van der Waals surface area contributed by atoms with Gasteiger partial charge in [0.15, 0.2) is 0 Å². The van der Waals surface area contributed by atoms with E-state index < -0.39 is 11.7 Å². The van der Waals surface area contributed by atoms with Crippen LogP contribution in [0.5, 0.6) is 5.75 Å². The van der Waals surface area contributed by atoms with Crippen LogP contribution in [0.4, 0.5) is 13.2 Å². The second kappa shape index (κ2) is 6.80. The Kier molecular flexibility index (Phi) is 5.66. The average molecular weight is 275 g/mol. The predicted octanol–water partition coefficient (Wildman–Crippen LogP) is 3.98. The average Bonchev–Trinajstić information content (AvgIpc) is 2.35. The van der Waals surface area contributed by atoms with Gasteiger partial charge in [-0.3, -0.25) is 0 Å². The molecule has 1 atom stereocenters. The first-order valence-electron chi connectivity index (χ1n) is 6.41. The smallest absolute Gasteiger partial charge is 0.416 e. The van der Waals surface area contributed by atoms with E-state index in [-0.39, 0.29) is 17.9 Å². The number of halogens is 3. The summed E-state index contributed by atoms with van der Waals surface area (Å²) in [5.74, 6) is 0.570. The Morgan fingerprint density at radius 1 is 1.32 bits per heavy atom. The van der Waals surface area contributed by atoms with Gasteiger partial charge in [0.25, 0.3) is 0 Å². The van der Waals surface area contributed by atoms with E-state index in [2.05, 4.69) is 6.92 Å². The quantitative estimate of drug-likeness (QED) is 0.852. The van der Waals surface area contributed by atoms with Crippen molar-refractivity contribution in [2.45, 2.75) is 39.4 Å². The first-order chi connectivity index (χ1) is 8.88. The summed E-state index contributed by atoms with van der Waals surface area (Å²) >= 11 is 0. The Hall–Kier alpha value is -1.23. The summed E-state index contributed by atoms with van der Waals surface area (Å²) in [6.07, 6.45) is -2.37. The fourth-order valence-corrected chi connectivity index (χ4v) is 1.90. The molecule has 1 unspecified atom stereocenters. The molecule has 0 aliphatic rings. The topological polar surface area (TPSA) is 35.2 Å². The lowest BCUT2D eigenvalue weighted by molar-refractivity contribution is -0.138. The fourth-order valence-electron chi connectivity index (χ4n) is 1.90. The van der Waals surface area contributed by atoms with Crippen LogP contribution < -0.4 is 10.5 Å². The van der Waals surface area contributed by atoms with Crippen molar-refractivity contribution in [3.8, 4) is 5.75 Å². The number of ether oxygens (including phenoxy) is 1. The molecule has 0 amide bonds. The number of hydrogen-bond acceptors (Lipinski definition) is 2. The molecule has 0 fully saturated rings. The van der Waals surface area contributed by atoms with Crippen molar-refractivity contribution in [1.82, 2.24) is 0 Å². The fraction of sp³-hybridized carbons (Fsp3) is 0.571. The molecule has 0 radical (unpaired) electrons. The van der Waals surface area contributed by atoms with Crippen molar-refractivity contribution in [3.05, 3.63) is 29.3 Å². The van der Waals surface area contributed by atoms with Crippen molar-refractivity contribution >= 4 is 0 Å². The minimum Gasteiger partial charge on any atom is -0.493 e. The van der Waals surface area contributed by atoms with Gasteiger partial charge in [0.1, 0.15) is 5.75 Å². The minimum absolute atomic E-state index is 0.0847. The maximum Gasteiger partial charge on any atom is 0.416 e. The highest BCUT2D eigenvalue weighted by molar-refractivity contribution is 5.37. The van der Waals surface area contributed by atoms with Gasteiger partial charge in [-0.15, -0.1) is 0 Å². The highest BCUT2D eigenvalue weighted by atomic mass is 19.4. The second-order valence-corrected chi connectivity index (χ2v) is 4.73. The van der Waals surface area contributed by atoms with Crippen LogP contribution in [0.25, 0.3) is 0 Å². The molecule has 0 saturated carbocycles. The number of benzene rings is 1. The van der Waals surface area contributed by atoms with Crippen LogP contribution in [0.3, 0.4) is 0 Å². The summed E-state index contributed by atoms with van der Waals surface area (Å²) < 4.78 is 43.9. The van der Waals surface area contributed by atoms with Gasteiger partial charge in [0.2, 0.25) is 0 Å². The van der Waals surface area contributed by atoms with Crippen molar-refractivity contribution < 1.29 is 17.9 Å². The third-order valence-electron chi connectivity index (χ3n) is 2.92. The van der Waals surface area contributed by atoms with Crippen molar-refractivity contribution in [1.29, 1.82) is 0 Å². The Morgan fingerprint density at radius 3 is 2.53 bits per heavy atom. The second-order valence-electron chi connectivity index (χ2n) is 4.73. The summed E-state index contributed by atoms with van der Waals surface area (Å²) in [6, 6.07) is 3.94. The molecule has 1 aromatic carbocycles. The van der Waals surface area contributed by atoms with Gasteiger partial charge in [-0.1, -0.05) is 26.3 Å². The monoisotopic (exact) mass is 275 g/mol. The van der Waals surface area contributed by atoms with Crippen LogP contribution >= 0.6 is 0 Å². The molecule has 0 heterocycles. The molecule has 0 aliphatic carbocycles. The normalized spacial score (nSPS) is 13.4. The third-order valence-corrected chi connectivity index (χ3v) is 2.92. The SMILES string of the molecule is CCCC(C)COc1ccc(CN)c(C(F)(F)F)c1. The molecule has 1 rings (SSSR count). The maximum atomic E-state index is 12.8. The predicted molar refractivity (Wildman–Crippen MR) is 68.9 cm³/mol. The molecule has 5 heteroatoms. The van der Waals surface area contributed by atoms with Gasteiger partial charge >= 0.3 is 6.18 Å². The minimum atomic E-state index is -4.40. The van der Waals surface area contributed by atoms with Crippen LogP contribution in [0.1, 0.15) is 37.8 Å². The lowest BCUT2D eigenvalue weighted by atomic mass is 10.1. The van der Waals surface area contributed by atoms with Crippen LogP contribution in [0.2, 0.25) is 0 Å². The van der Waals surface area contributed by atoms with Gasteiger partial charge < -0.3 is 10.5 Å². The zero-order valence-electron chi connectivity index (χ0n) is 11.3. The molecule has 0 saturated heterocycles.